The maximum Gasteiger partial charge on any atom is 0.136 e. The molecule has 0 aliphatic heterocycles. The Bertz CT molecular complexity index is 810. The molecule has 1 N–H and O–H groups in total. The molecule has 0 saturated heterocycles. The van der Waals surface area contributed by atoms with Gasteiger partial charge in [-0.2, -0.15) is 0 Å². The Morgan fingerprint density at radius 1 is 0.800 bits per heavy atom. The molecule has 2 aromatic carbocycles. The minimum atomic E-state index is -1.18. The van der Waals surface area contributed by atoms with E-state index in [1.165, 1.54) is 0 Å². The molecular formula is C22H23NO2. The zero-order valence-corrected chi connectivity index (χ0v) is 14.8. The molecule has 128 valence electrons. The van der Waals surface area contributed by atoms with Crippen LogP contribution < -0.4 is 4.74 Å². The van der Waals surface area contributed by atoms with Crippen molar-refractivity contribution in [3.8, 4) is 16.9 Å². The summed E-state index contributed by atoms with van der Waals surface area (Å²) >= 11 is 0. The third-order valence-electron chi connectivity index (χ3n) is 4.73. The summed E-state index contributed by atoms with van der Waals surface area (Å²) in [6.07, 6.45) is 3.36. The summed E-state index contributed by atoms with van der Waals surface area (Å²) < 4.78 is 6.13. The van der Waals surface area contributed by atoms with Crippen LogP contribution in [0.4, 0.5) is 0 Å². The van der Waals surface area contributed by atoms with Crippen molar-refractivity contribution in [2.45, 2.75) is 32.0 Å². The Morgan fingerprint density at radius 2 is 1.44 bits per heavy atom. The minimum absolute atomic E-state index is 0.717. The smallest absolute Gasteiger partial charge is 0.136 e. The number of ether oxygens (including phenoxy) is 1. The molecule has 3 nitrogen and oxygen atoms in total. The molecule has 1 aromatic heterocycles. The lowest BCUT2D eigenvalue weighted by atomic mass is 9.82. The highest BCUT2D eigenvalue weighted by molar-refractivity contribution is 5.63. The molecule has 3 aromatic rings. The number of hydrogen-bond donors (Lipinski definition) is 1. The first-order valence-electron chi connectivity index (χ1n) is 8.37. The fraction of sp³-hybridized carbons (Fsp3) is 0.227. The lowest BCUT2D eigenvalue weighted by Crippen LogP contribution is -2.49. The van der Waals surface area contributed by atoms with Crippen molar-refractivity contribution in [2.75, 3.05) is 0 Å². The van der Waals surface area contributed by atoms with Crippen molar-refractivity contribution < 1.29 is 9.84 Å². The molecular weight excluding hydrogens is 310 g/mol. The van der Waals surface area contributed by atoms with E-state index in [0.29, 0.717) is 5.75 Å². The fourth-order valence-corrected chi connectivity index (χ4v) is 2.74. The largest absolute Gasteiger partial charge is 0.485 e. The molecule has 0 aliphatic carbocycles. The molecule has 25 heavy (non-hydrogen) atoms. The third kappa shape index (κ3) is 3.57. The highest BCUT2D eigenvalue weighted by Gasteiger charge is 2.43. The fourth-order valence-electron chi connectivity index (χ4n) is 2.74. The second kappa shape index (κ2) is 6.69. The molecule has 0 radical (unpaired) electrons. The number of pyridine rings is 1. The van der Waals surface area contributed by atoms with Crippen LogP contribution in [0.15, 0.2) is 79.1 Å². The van der Waals surface area contributed by atoms with Gasteiger partial charge in [0.2, 0.25) is 0 Å². The van der Waals surface area contributed by atoms with Crippen molar-refractivity contribution >= 4 is 0 Å². The van der Waals surface area contributed by atoms with Gasteiger partial charge in [0, 0.05) is 18.0 Å². The van der Waals surface area contributed by atoms with Crippen molar-refractivity contribution in [3.05, 3.63) is 84.7 Å². The quantitative estimate of drug-likeness (QED) is 0.728. The zero-order chi connectivity index (χ0) is 17.9. The predicted molar refractivity (Wildman–Crippen MR) is 100 cm³/mol. The zero-order valence-electron chi connectivity index (χ0n) is 14.8. The Hall–Kier alpha value is -2.65. The standard InChI is InChI=1S/C22H23NO2/c1-21(2,22(3,24)19-10-7-15-23-16-19)25-20-13-11-18(12-14-20)17-8-5-4-6-9-17/h4-16,24H,1-3H3. The summed E-state index contributed by atoms with van der Waals surface area (Å²) in [5.41, 5.74) is 1.00. The average Bonchev–Trinajstić information content (AvgIpc) is 2.63. The number of nitrogens with zero attached hydrogens (tertiary/aromatic N) is 1. The van der Waals surface area contributed by atoms with E-state index in [4.69, 9.17) is 4.74 Å². The van der Waals surface area contributed by atoms with Crippen LogP contribution >= 0.6 is 0 Å². The molecule has 1 heterocycles. The summed E-state index contributed by atoms with van der Waals surface area (Å²) in [4.78, 5) is 4.10. The van der Waals surface area contributed by atoms with Gasteiger partial charge in [0.1, 0.15) is 17.0 Å². The van der Waals surface area contributed by atoms with E-state index in [2.05, 4.69) is 17.1 Å². The van der Waals surface area contributed by atoms with Crippen LogP contribution in [0.5, 0.6) is 5.75 Å². The maximum absolute atomic E-state index is 11.0. The normalized spacial score (nSPS) is 13.9. The van der Waals surface area contributed by atoms with E-state index in [0.717, 1.165) is 16.7 Å². The van der Waals surface area contributed by atoms with Gasteiger partial charge in [0.05, 0.1) is 0 Å². The van der Waals surface area contributed by atoms with E-state index in [-0.39, 0.29) is 0 Å². The maximum atomic E-state index is 11.0. The van der Waals surface area contributed by atoms with E-state index < -0.39 is 11.2 Å². The van der Waals surface area contributed by atoms with Gasteiger partial charge in [0.25, 0.3) is 0 Å². The molecule has 1 unspecified atom stereocenters. The molecule has 1 atom stereocenters. The molecule has 0 spiro atoms. The van der Waals surface area contributed by atoms with Gasteiger partial charge in [-0.3, -0.25) is 4.98 Å². The van der Waals surface area contributed by atoms with Crippen LogP contribution in [-0.4, -0.2) is 15.7 Å². The average molecular weight is 333 g/mol. The first kappa shape index (κ1) is 17.2. The van der Waals surface area contributed by atoms with E-state index in [9.17, 15) is 5.11 Å². The molecule has 0 saturated carbocycles. The topological polar surface area (TPSA) is 42.4 Å². The Balaban J connectivity index is 1.81. The van der Waals surface area contributed by atoms with Crippen molar-refractivity contribution in [3.63, 3.8) is 0 Å². The number of hydrogen-bond acceptors (Lipinski definition) is 3. The Morgan fingerprint density at radius 3 is 2.04 bits per heavy atom. The monoisotopic (exact) mass is 333 g/mol. The minimum Gasteiger partial charge on any atom is -0.485 e. The number of benzene rings is 2. The van der Waals surface area contributed by atoms with Crippen LogP contribution in [0.25, 0.3) is 11.1 Å². The van der Waals surface area contributed by atoms with Crippen molar-refractivity contribution in [2.24, 2.45) is 0 Å². The Kier molecular flexibility index (Phi) is 4.60. The highest BCUT2D eigenvalue weighted by Crippen LogP contribution is 2.36. The summed E-state index contributed by atoms with van der Waals surface area (Å²) in [7, 11) is 0. The van der Waals surface area contributed by atoms with Gasteiger partial charge >= 0.3 is 0 Å². The molecule has 3 rings (SSSR count). The van der Waals surface area contributed by atoms with Gasteiger partial charge < -0.3 is 9.84 Å². The highest BCUT2D eigenvalue weighted by atomic mass is 16.5. The SMILES string of the molecule is CC(C)(Oc1ccc(-c2ccccc2)cc1)C(C)(O)c1cccnc1. The second-order valence-electron chi connectivity index (χ2n) is 6.82. The van der Waals surface area contributed by atoms with E-state index in [1.807, 2.05) is 68.4 Å². The van der Waals surface area contributed by atoms with Gasteiger partial charge in [-0.15, -0.1) is 0 Å². The predicted octanol–water partition coefficient (Wildman–Crippen LogP) is 4.81. The summed E-state index contributed by atoms with van der Waals surface area (Å²) in [5.74, 6) is 0.717. The summed E-state index contributed by atoms with van der Waals surface area (Å²) in [6.45, 7) is 5.51. The number of aliphatic hydroxyl groups is 1. The van der Waals surface area contributed by atoms with Gasteiger partial charge in [0.15, 0.2) is 0 Å². The Labute approximate surface area is 148 Å². The van der Waals surface area contributed by atoms with Gasteiger partial charge in [-0.1, -0.05) is 48.5 Å². The third-order valence-corrected chi connectivity index (χ3v) is 4.73. The van der Waals surface area contributed by atoms with Gasteiger partial charge in [-0.25, -0.2) is 0 Å². The van der Waals surface area contributed by atoms with Crippen LogP contribution in [0, 0.1) is 0 Å². The molecule has 0 amide bonds. The summed E-state index contributed by atoms with van der Waals surface area (Å²) in [5, 5.41) is 11.0. The van der Waals surface area contributed by atoms with E-state index >= 15 is 0 Å². The number of rotatable bonds is 5. The number of aromatic nitrogens is 1. The van der Waals surface area contributed by atoms with Crippen LogP contribution in [0.1, 0.15) is 26.3 Å². The van der Waals surface area contributed by atoms with Crippen molar-refractivity contribution in [1.29, 1.82) is 0 Å². The lowest BCUT2D eigenvalue weighted by molar-refractivity contribution is -0.109. The van der Waals surface area contributed by atoms with Crippen LogP contribution in [-0.2, 0) is 5.60 Å². The lowest BCUT2D eigenvalue weighted by Gasteiger charge is -2.40. The first-order chi connectivity index (χ1) is 11.9. The van der Waals surface area contributed by atoms with Crippen LogP contribution in [0.3, 0.4) is 0 Å². The van der Waals surface area contributed by atoms with Gasteiger partial charge in [-0.05, 0) is 50.1 Å². The molecule has 0 bridgehead atoms. The summed E-state index contributed by atoms with van der Waals surface area (Å²) in [6, 6.07) is 21.8. The van der Waals surface area contributed by atoms with E-state index in [1.54, 1.807) is 19.3 Å². The first-order valence-corrected chi connectivity index (χ1v) is 8.37. The van der Waals surface area contributed by atoms with Crippen molar-refractivity contribution in [1.82, 2.24) is 4.98 Å². The molecule has 3 heteroatoms. The van der Waals surface area contributed by atoms with Crippen LogP contribution in [0.2, 0.25) is 0 Å². The molecule has 0 aliphatic rings. The second-order valence-corrected chi connectivity index (χ2v) is 6.82. The molecule has 0 fully saturated rings.